The molecule has 1 fully saturated rings. The summed E-state index contributed by atoms with van der Waals surface area (Å²) in [5, 5.41) is 0. The fourth-order valence-electron chi connectivity index (χ4n) is 4.55. The molecule has 1 heterocycles. The molecule has 0 saturated carbocycles. The van der Waals surface area contributed by atoms with Crippen molar-refractivity contribution in [2.45, 2.75) is 24.9 Å². The Morgan fingerprint density at radius 3 is 2.10 bits per heavy atom. The number of nitrogens with zero attached hydrogens (tertiary/aromatic N) is 2. The molecule has 0 amide bonds. The van der Waals surface area contributed by atoms with Crippen LogP contribution in [0.1, 0.15) is 18.4 Å². The zero-order valence-electron chi connectivity index (χ0n) is 18.8. The third-order valence-electron chi connectivity index (χ3n) is 6.36. The largest absolute Gasteiger partial charge is 0.373 e. The second kappa shape index (κ2) is 10.1. The molecule has 162 valence electrons. The topological polar surface area (TPSA) is 15.7 Å². The molecule has 1 saturated heterocycles. The van der Waals surface area contributed by atoms with Crippen molar-refractivity contribution in [2.24, 2.45) is 0 Å². The first-order valence-corrected chi connectivity index (χ1v) is 11.4. The van der Waals surface area contributed by atoms with Gasteiger partial charge in [-0.1, -0.05) is 72.8 Å². The van der Waals surface area contributed by atoms with Gasteiger partial charge in [0, 0.05) is 31.7 Å². The highest BCUT2D eigenvalue weighted by Crippen LogP contribution is 2.35. The molecule has 0 N–H and O–H groups in total. The molecule has 0 spiro atoms. The normalized spacial score (nSPS) is 15.9. The monoisotopic (exact) mass is 414 g/mol. The number of para-hydroxylation sites is 1. The van der Waals surface area contributed by atoms with E-state index in [1.54, 1.807) is 0 Å². The van der Waals surface area contributed by atoms with E-state index < -0.39 is 0 Å². The van der Waals surface area contributed by atoms with Crippen LogP contribution in [0.2, 0.25) is 0 Å². The smallest absolute Gasteiger partial charge is 0.0757 e. The molecule has 1 aliphatic rings. The zero-order valence-corrected chi connectivity index (χ0v) is 18.8. The van der Waals surface area contributed by atoms with E-state index in [-0.39, 0.29) is 5.60 Å². The highest BCUT2D eigenvalue weighted by molar-refractivity contribution is 5.67. The molecule has 3 nitrogen and oxygen atoms in total. The van der Waals surface area contributed by atoms with Crippen molar-refractivity contribution >= 4 is 5.69 Å². The van der Waals surface area contributed by atoms with E-state index >= 15 is 0 Å². The Hall–Kier alpha value is -2.62. The highest BCUT2D eigenvalue weighted by Gasteiger charge is 2.36. The molecule has 0 aliphatic carbocycles. The minimum atomic E-state index is -0.119. The van der Waals surface area contributed by atoms with Gasteiger partial charge in [0.25, 0.3) is 0 Å². The van der Waals surface area contributed by atoms with Gasteiger partial charge in [-0.15, -0.1) is 0 Å². The van der Waals surface area contributed by atoms with Crippen LogP contribution in [-0.2, 0) is 11.2 Å². The minimum absolute atomic E-state index is 0.119. The maximum Gasteiger partial charge on any atom is 0.0757 e. The number of piperidine rings is 1. The molecule has 4 rings (SSSR count). The average molecular weight is 415 g/mol. The van der Waals surface area contributed by atoms with Gasteiger partial charge in [0.15, 0.2) is 0 Å². The number of anilines is 1. The Balaban J connectivity index is 1.55. The van der Waals surface area contributed by atoms with Gasteiger partial charge in [-0.25, -0.2) is 0 Å². The number of hydrogen-bond acceptors (Lipinski definition) is 3. The Kier molecular flexibility index (Phi) is 7.06. The van der Waals surface area contributed by atoms with Crippen LogP contribution in [0, 0.1) is 0 Å². The van der Waals surface area contributed by atoms with Crippen molar-refractivity contribution < 1.29 is 4.74 Å². The average Bonchev–Trinajstić information content (AvgIpc) is 2.81. The number of ether oxygens (including phenoxy) is 1. The van der Waals surface area contributed by atoms with E-state index in [1.807, 2.05) is 0 Å². The van der Waals surface area contributed by atoms with Crippen molar-refractivity contribution in [1.82, 2.24) is 4.90 Å². The lowest BCUT2D eigenvalue weighted by atomic mass is 9.82. The number of likely N-dealkylation sites (N-methyl/N-ethyl adjacent to an activating group) is 1. The fourth-order valence-corrected chi connectivity index (χ4v) is 4.55. The molecule has 0 radical (unpaired) electrons. The molecule has 0 atom stereocenters. The first kappa shape index (κ1) is 21.6. The summed E-state index contributed by atoms with van der Waals surface area (Å²) in [6.07, 6.45) is 3.03. The van der Waals surface area contributed by atoms with Gasteiger partial charge in [-0.05, 0) is 55.8 Å². The molecule has 3 heteroatoms. The van der Waals surface area contributed by atoms with Gasteiger partial charge < -0.3 is 14.5 Å². The van der Waals surface area contributed by atoms with Crippen LogP contribution in [0.25, 0.3) is 11.1 Å². The molecule has 1 aliphatic heterocycles. The van der Waals surface area contributed by atoms with Gasteiger partial charge in [0.1, 0.15) is 0 Å². The molecule has 0 unspecified atom stereocenters. The third kappa shape index (κ3) is 5.55. The van der Waals surface area contributed by atoms with Crippen LogP contribution < -0.4 is 4.90 Å². The van der Waals surface area contributed by atoms with Gasteiger partial charge in [-0.3, -0.25) is 0 Å². The van der Waals surface area contributed by atoms with Crippen LogP contribution in [0.4, 0.5) is 5.69 Å². The molecular formula is C28H34N2O. The minimum Gasteiger partial charge on any atom is -0.373 e. The first-order chi connectivity index (χ1) is 15.2. The summed E-state index contributed by atoms with van der Waals surface area (Å²) in [7, 11) is 4.22. The number of rotatable bonds is 8. The van der Waals surface area contributed by atoms with Gasteiger partial charge >= 0.3 is 0 Å². The van der Waals surface area contributed by atoms with E-state index in [9.17, 15) is 0 Å². The van der Waals surface area contributed by atoms with Crippen LogP contribution in [0.15, 0.2) is 84.9 Å². The summed E-state index contributed by atoms with van der Waals surface area (Å²) in [6.45, 7) is 3.77. The molecule has 0 aromatic heterocycles. The molecule has 3 aromatic carbocycles. The van der Waals surface area contributed by atoms with E-state index in [2.05, 4.69) is 109 Å². The van der Waals surface area contributed by atoms with Crippen LogP contribution in [-0.4, -0.2) is 50.8 Å². The summed E-state index contributed by atoms with van der Waals surface area (Å²) >= 11 is 0. The van der Waals surface area contributed by atoms with E-state index in [1.165, 1.54) is 22.4 Å². The maximum absolute atomic E-state index is 6.69. The SMILES string of the molecule is CN(C)CCOC1(Cc2ccccc2-c2ccccc2)CCN(c2ccccc2)CC1. The maximum atomic E-state index is 6.69. The molecule has 3 aromatic rings. The lowest BCUT2D eigenvalue weighted by Gasteiger charge is -2.43. The summed E-state index contributed by atoms with van der Waals surface area (Å²) in [5.74, 6) is 0. The Morgan fingerprint density at radius 1 is 0.806 bits per heavy atom. The lowest BCUT2D eigenvalue weighted by Crippen LogP contribution is -2.48. The highest BCUT2D eigenvalue weighted by atomic mass is 16.5. The summed E-state index contributed by atoms with van der Waals surface area (Å²) in [6, 6.07) is 30.3. The van der Waals surface area contributed by atoms with Gasteiger partial charge in [-0.2, -0.15) is 0 Å². The van der Waals surface area contributed by atoms with Crippen molar-refractivity contribution in [1.29, 1.82) is 0 Å². The summed E-state index contributed by atoms with van der Waals surface area (Å²) in [5.41, 5.74) is 5.18. The number of hydrogen-bond donors (Lipinski definition) is 0. The Labute approximate surface area is 187 Å². The molecule has 0 bridgehead atoms. The summed E-state index contributed by atoms with van der Waals surface area (Å²) < 4.78 is 6.69. The predicted octanol–water partition coefficient (Wildman–Crippen LogP) is 5.51. The Morgan fingerprint density at radius 2 is 1.42 bits per heavy atom. The van der Waals surface area contributed by atoms with E-state index in [0.29, 0.717) is 0 Å². The van der Waals surface area contributed by atoms with Crippen molar-refractivity contribution in [2.75, 3.05) is 45.2 Å². The second-order valence-corrected chi connectivity index (χ2v) is 8.86. The zero-order chi connectivity index (χ0) is 21.5. The standard InChI is InChI=1S/C28H34N2O/c1-29(2)21-22-31-28(17-19-30(20-18-28)26-14-7-4-8-15-26)23-25-13-9-10-16-27(25)24-11-5-3-6-12-24/h3-16H,17-23H2,1-2H3. The Bertz CT molecular complexity index is 931. The fraction of sp³-hybridized carbons (Fsp3) is 0.357. The molecule has 31 heavy (non-hydrogen) atoms. The third-order valence-corrected chi connectivity index (χ3v) is 6.36. The quantitative estimate of drug-likeness (QED) is 0.483. The second-order valence-electron chi connectivity index (χ2n) is 8.86. The van der Waals surface area contributed by atoms with Crippen molar-refractivity contribution in [3.05, 3.63) is 90.5 Å². The van der Waals surface area contributed by atoms with E-state index in [0.717, 1.165) is 45.5 Å². The van der Waals surface area contributed by atoms with Gasteiger partial charge in [0.2, 0.25) is 0 Å². The lowest BCUT2D eigenvalue weighted by molar-refractivity contribution is -0.0650. The predicted molar refractivity (Wildman–Crippen MR) is 131 cm³/mol. The summed E-state index contributed by atoms with van der Waals surface area (Å²) in [4.78, 5) is 4.70. The molecular weight excluding hydrogens is 380 g/mol. The van der Waals surface area contributed by atoms with Crippen LogP contribution in [0.5, 0.6) is 0 Å². The van der Waals surface area contributed by atoms with Crippen LogP contribution >= 0.6 is 0 Å². The van der Waals surface area contributed by atoms with E-state index in [4.69, 9.17) is 4.74 Å². The van der Waals surface area contributed by atoms with Gasteiger partial charge in [0.05, 0.1) is 12.2 Å². The van der Waals surface area contributed by atoms with Crippen molar-refractivity contribution in [3.63, 3.8) is 0 Å². The first-order valence-electron chi connectivity index (χ1n) is 11.4. The number of benzene rings is 3. The van der Waals surface area contributed by atoms with Crippen molar-refractivity contribution in [3.8, 4) is 11.1 Å². The van der Waals surface area contributed by atoms with Crippen LogP contribution in [0.3, 0.4) is 0 Å².